The molecule has 2 aromatic carbocycles. The minimum Gasteiger partial charge on any atom is -0.478 e. The number of carbonyl (C=O) groups is 1. The van der Waals surface area contributed by atoms with Crippen LogP contribution in [0.1, 0.15) is 29.3 Å². The van der Waals surface area contributed by atoms with Gasteiger partial charge in [0.1, 0.15) is 5.82 Å². The zero-order chi connectivity index (χ0) is 15.2. The second kappa shape index (κ2) is 6.65. The lowest BCUT2D eigenvalue weighted by Gasteiger charge is -2.08. The number of hydrogen-bond donors (Lipinski definition) is 2. The van der Waals surface area contributed by atoms with Crippen LogP contribution in [-0.2, 0) is 0 Å². The number of carboxylic acids is 1. The lowest BCUT2D eigenvalue weighted by molar-refractivity contribution is 0.0698. The van der Waals surface area contributed by atoms with E-state index >= 15 is 0 Å². The molecule has 0 fully saturated rings. The fourth-order valence-corrected chi connectivity index (χ4v) is 1.88. The number of carboxylic acid groups (broad SMARTS) is 1. The van der Waals surface area contributed by atoms with Crippen LogP contribution in [0.5, 0.6) is 0 Å². The zero-order valence-corrected chi connectivity index (χ0v) is 11.5. The molecule has 0 aliphatic heterocycles. The van der Waals surface area contributed by atoms with Crippen molar-refractivity contribution in [1.82, 2.24) is 0 Å². The van der Waals surface area contributed by atoms with Gasteiger partial charge in [-0.25, -0.2) is 9.18 Å². The normalized spacial score (nSPS) is 11.2. The summed E-state index contributed by atoms with van der Waals surface area (Å²) in [7, 11) is 0. The van der Waals surface area contributed by atoms with Crippen LogP contribution in [0.15, 0.2) is 53.6 Å². The number of rotatable bonds is 5. The van der Waals surface area contributed by atoms with Gasteiger partial charge in [-0.2, -0.15) is 5.10 Å². The molecule has 0 spiro atoms. The van der Waals surface area contributed by atoms with Crippen molar-refractivity contribution in [2.75, 3.05) is 5.43 Å². The molecular formula is C16H15FN2O2. The predicted octanol–water partition coefficient (Wildman–Crippen LogP) is 3.75. The number of para-hydroxylation sites is 1. The minimum absolute atomic E-state index is 0.149. The van der Waals surface area contributed by atoms with Crippen molar-refractivity contribution < 1.29 is 14.3 Å². The smallest absolute Gasteiger partial charge is 0.337 e. The van der Waals surface area contributed by atoms with E-state index in [1.54, 1.807) is 30.3 Å². The lowest BCUT2D eigenvalue weighted by Crippen LogP contribution is -2.06. The molecule has 2 N–H and O–H groups in total. The second-order valence-corrected chi connectivity index (χ2v) is 4.38. The Kier molecular flexibility index (Phi) is 4.66. The van der Waals surface area contributed by atoms with E-state index in [-0.39, 0.29) is 11.4 Å². The van der Waals surface area contributed by atoms with Gasteiger partial charge in [0, 0.05) is 0 Å². The number of hydrogen-bond acceptors (Lipinski definition) is 3. The van der Waals surface area contributed by atoms with E-state index in [4.69, 9.17) is 5.11 Å². The van der Waals surface area contributed by atoms with Crippen LogP contribution in [0.25, 0.3) is 0 Å². The van der Waals surface area contributed by atoms with Crippen LogP contribution in [0.3, 0.4) is 0 Å². The van der Waals surface area contributed by atoms with Gasteiger partial charge < -0.3 is 5.11 Å². The van der Waals surface area contributed by atoms with E-state index in [9.17, 15) is 9.18 Å². The van der Waals surface area contributed by atoms with E-state index < -0.39 is 5.97 Å². The highest BCUT2D eigenvalue weighted by Crippen LogP contribution is 2.15. The lowest BCUT2D eigenvalue weighted by atomic mass is 10.1. The molecule has 0 bridgehead atoms. The number of halogens is 1. The standard InChI is InChI=1S/C16H15FN2O2/c1-2-14(11-7-9-12(17)10-8-11)18-19-15-6-4-3-5-13(15)16(20)21/h3-10,19H,2H2,1H3,(H,20,21)/b18-14+. The summed E-state index contributed by atoms with van der Waals surface area (Å²) < 4.78 is 12.9. The summed E-state index contributed by atoms with van der Waals surface area (Å²) >= 11 is 0. The zero-order valence-electron chi connectivity index (χ0n) is 11.5. The predicted molar refractivity (Wildman–Crippen MR) is 80.3 cm³/mol. The first-order valence-corrected chi connectivity index (χ1v) is 6.52. The average Bonchev–Trinajstić information content (AvgIpc) is 2.50. The second-order valence-electron chi connectivity index (χ2n) is 4.38. The molecule has 0 atom stereocenters. The third kappa shape index (κ3) is 3.66. The third-order valence-electron chi connectivity index (χ3n) is 2.98. The molecule has 0 amide bonds. The average molecular weight is 286 g/mol. The van der Waals surface area contributed by atoms with Crippen LogP contribution in [0, 0.1) is 5.82 Å². The van der Waals surface area contributed by atoms with Gasteiger partial charge in [0.05, 0.1) is 17.0 Å². The Morgan fingerprint density at radius 2 is 1.86 bits per heavy atom. The molecule has 2 aromatic rings. The minimum atomic E-state index is -1.02. The molecule has 4 nitrogen and oxygen atoms in total. The molecule has 0 saturated carbocycles. The van der Waals surface area contributed by atoms with Crippen molar-refractivity contribution in [3.8, 4) is 0 Å². The monoisotopic (exact) mass is 286 g/mol. The quantitative estimate of drug-likeness (QED) is 0.650. The van der Waals surface area contributed by atoms with Gasteiger partial charge in [-0.1, -0.05) is 31.2 Å². The van der Waals surface area contributed by atoms with Crippen LogP contribution < -0.4 is 5.43 Å². The van der Waals surface area contributed by atoms with Gasteiger partial charge in [-0.15, -0.1) is 0 Å². The van der Waals surface area contributed by atoms with Gasteiger partial charge in [0.15, 0.2) is 0 Å². The molecule has 0 saturated heterocycles. The van der Waals surface area contributed by atoms with E-state index in [0.717, 1.165) is 11.3 Å². The topological polar surface area (TPSA) is 61.7 Å². The first kappa shape index (κ1) is 14.7. The van der Waals surface area contributed by atoms with Gasteiger partial charge >= 0.3 is 5.97 Å². The summed E-state index contributed by atoms with van der Waals surface area (Å²) in [5, 5.41) is 13.3. The number of aromatic carboxylic acids is 1. The Labute approximate surface area is 121 Å². The number of nitrogens with one attached hydrogen (secondary N) is 1. The van der Waals surface area contributed by atoms with E-state index in [2.05, 4.69) is 10.5 Å². The fraction of sp³-hybridized carbons (Fsp3) is 0.125. The van der Waals surface area contributed by atoms with Crippen LogP contribution in [0.2, 0.25) is 0 Å². The summed E-state index contributed by atoms with van der Waals surface area (Å²) in [6.07, 6.45) is 0.633. The van der Waals surface area contributed by atoms with Gasteiger partial charge in [-0.05, 0) is 36.2 Å². The van der Waals surface area contributed by atoms with E-state index in [1.807, 2.05) is 6.92 Å². The molecule has 21 heavy (non-hydrogen) atoms. The molecule has 5 heteroatoms. The maximum Gasteiger partial charge on any atom is 0.337 e. The van der Waals surface area contributed by atoms with E-state index in [1.165, 1.54) is 18.2 Å². The first-order valence-electron chi connectivity index (χ1n) is 6.52. The van der Waals surface area contributed by atoms with Crippen molar-refractivity contribution in [2.45, 2.75) is 13.3 Å². The summed E-state index contributed by atoms with van der Waals surface area (Å²) in [6.45, 7) is 1.92. The molecule has 2 rings (SSSR count). The summed E-state index contributed by atoms with van der Waals surface area (Å²) in [5.41, 5.74) is 4.84. The van der Waals surface area contributed by atoms with Gasteiger partial charge in [0.25, 0.3) is 0 Å². The number of hydrazone groups is 1. The Hall–Kier alpha value is -2.69. The third-order valence-corrected chi connectivity index (χ3v) is 2.98. The summed E-state index contributed by atoms with van der Waals surface area (Å²) in [6, 6.07) is 12.5. The molecule has 0 unspecified atom stereocenters. The van der Waals surface area contributed by atoms with Crippen LogP contribution >= 0.6 is 0 Å². The number of anilines is 1. The van der Waals surface area contributed by atoms with Crippen molar-refractivity contribution in [1.29, 1.82) is 0 Å². The number of benzene rings is 2. The maximum absolute atomic E-state index is 12.9. The Balaban J connectivity index is 2.26. The highest BCUT2D eigenvalue weighted by Gasteiger charge is 2.08. The van der Waals surface area contributed by atoms with Crippen molar-refractivity contribution in [3.05, 3.63) is 65.5 Å². The SMILES string of the molecule is CC/C(=N\Nc1ccccc1C(=O)O)c1ccc(F)cc1. The van der Waals surface area contributed by atoms with Gasteiger partial charge in [0.2, 0.25) is 0 Å². The first-order chi connectivity index (χ1) is 10.1. The number of nitrogens with zero attached hydrogens (tertiary/aromatic N) is 1. The van der Waals surface area contributed by atoms with E-state index in [0.29, 0.717) is 12.1 Å². The van der Waals surface area contributed by atoms with Crippen molar-refractivity contribution in [2.24, 2.45) is 5.10 Å². The van der Waals surface area contributed by atoms with Crippen LogP contribution in [0.4, 0.5) is 10.1 Å². The maximum atomic E-state index is 12.9. The highest BCUT2D eigenvalue weighted by atomic mass is 19.1. The van der Waals surface area contributed by atoms with Gasteiger partial charge in [-0.3, -0.25) is 5.43 Å². The summed E-state index contributed by atoms with van der Waals surface area (Å²) in [5.74, 6) is -1.33. The largest absolute Gasteiger partial charge is 0.478 e. The molecule has 0 aliphatic rings. The Bertz CT molecular complexity index is 666. The van der Waals surface area contributed by atoms with Crippen molar-refractivity contribution in [3.63, 3.8) is 0 Å². The van der Waals surface area contributed by atoms with Crippen LogP contribution in [-0.4, -0.2) is 16.8 Å². The molecule has 0 radical (unpaired) electrons. The fourth-order valence-electron chi connectivity index (χ4n) is 1.88. The Morgan fingerprint density at radius 1 is 1.19 bits per heavy atom. The molecule has 0 aromatic heterocycles. The molecule has 0 aliphatic carbocycles. The molecular weight excluding hydrogens is 271 g/mol. The molecule has 108 valence electrons. The Morgan fingerprint density at radius 3 is 2.48 bits per heavy atom. The highest BCUT2D eigenvalue weighted by molar-refractivity contribution is 6.01. The van der Waals surface area contributed by atoms with Crippen molar-refractivity contribution >= 4 is 17.4 Å². The molecule has 0 heterocycles. The summed E-state index contributed by atoms with van der Waals surface area (Å²) in [4.78, 5) is 11.1.